The van der Waals surface area contributed by atoms with E-state index in [1.54, 1.807) is 10.9 Å². The quantitative estimate of drug-likeness (QED) is 0.581. The highest BCUT2D eigenvalue weighted by Crippen LogP contribution is 2.11. The summed E-state index contributed by atoms with van der Waals surface area (Å²) in [5.74, 6) is -0.594. The largest absolute Gasteiger partial charge is 0.456 e. The van der Waals surface area contributed by atoms with Crippen LogP contribution in [-0.4, -0.2) is 26.5 Å². The van der Waals surface area contributed by atoms with Crippen LogP contribution in [-0.2, 0) is 11.3 Å². The summed E-state index contributed by atoms with van der Waals surface area (Å²) >= 11 is 0. The first-order valence-corrected chi connectivity index (χ1v) is 7.09. The lowest BCUT2D eigenvalue weighted by Crippen LogP contribution is -2.05. The van der Waals surface area contributed by atoms with Crippen molar-refractivity contribution in [3.63, 3.8) is 0 Å². The number of H-pyrrole nitrogens is 1. The van der Waals surface area contributed by atoms with Crippen LogP contribution < -0.4 is 0 Å². The molecule has 3 aromatic rings. The van der Waals surface area contributed by atoms with E-state index in [-0.39, 0.29) is 18.1 Å². The topological polar surface area (TPSA) is 77.0 Å². The van der Waals surface area contributed by atoms with Crippen molar-refractivity contribution in [3.05, 3.63) is 71.8 Å². The Kier molecular flexibility index (Phi) is 4.05. The van der Waals surface area contributed by atoms with E-state index in [2.05, 4.69) is 10.1 Å². The lowest BCUT2D eigenvalue weighted by molar-refractivity contribution is 0.0466. The summed E-state index contributed by atoms with van der Waals surface area (Å²) < 4.78 is 6.98. The third-order valence-corrected chi connectivity index (χ3v) is 3.38. The van der Waals surface area contributed by atoms with Crippen LogP contribution >= 0.6 is 0 Å². The van der Waals surface area contributed by atoms with Crippen LogP contribution in [0.3, 0.4) is 0 Å². The molecular formula is C17H15N3O3. The molecule has 0 saturated heterocycles. The Bertz CT molecular complexity index is 817. The molecular weight excluding hydrogens is 294 g/mol. The van der Waals surface area contributed by atoms with Crippen LogP contribution in [0.5, 0.6) is 0 Å². The van der Waals surface area contributed by atoms with Crippen LogP contribution in [0, 0.1) is 0 Å². The van der Waals surface area contributed by atoms with Crippen LogP contribution in [0.15, 0.2) is 55.0 Å². The standard InChI is InChI=1S/C17H15N3O3/c1-12(21)14-9-16(18-10-14)17(22)23-11-13-3-5-15(6-4-13)20-8-2-7-19-20/h2-10,18H,11H2,1H3. The summed E-state index contributed by atoms with van der Waals surface area (Å²) in [5.41, 5.74) is 2.53. The molecule has 1 aromatic carbocycles. The van der Waals surface area contributed by atoms with Crippen molar-refractivity contribution in [2.24, 2.45) is 0 Å². The lowest BCUT2D eigenvalue weighted by Gasteiger charge is -2.05. The molecule has 2 aromatic heterocycles. The Labute approximate surface area is 132 Å². The van der Waals surface area contributed by atoms with Gasteiger partial charge in [-0.15, -0.1) is 0 Å². The molecule has 6 nitrogen and oxygen atoms in total. The summed E-state index contributed by atoms with van der Waals surface area (Å²) in [6, 6.07) is 10.9. The van der Waals surface area contributed by atoms with Gasteiger partial charge in [0.25, 0.3) is 0 Å². The van der Waals surface area contributed by atoms with Crippen molar-refractivity contribution in [2.75, 3.05) is 0 Å². The molecule has 0 amide bonds. The number of ketones is 1. The maximum Gasteiger partial charge on any atom is 0.355 e. The molecule has 0 radical (unpaired) electrons. The minimum absolute atomic E-state index is 0.102. The third-order valence-electron chi connectivity index (χ3n) is 3.38. The van der Waals surface area contributed by atoms with Gasteiger partial charge in [0.05, 0.1) is 5.69 Å². The number of nitrogens with one attached hydrogen (secondary N) is 1. The number of benzene rings is 1. The van der Waals surface area contributed by atoms with Gasteiger partial charge in [-0.1, -0.05) is 12.1 Å². The number of aromatic nitrogens is 3. The smallest absolute Gasteiger partial charge is 0.355 e. The Hall–Kier alpha value is -3.15. The number of ether oxygens (including phenoxy) is 1. The second kappa shape index (κ2) is 6.31. The molecule has 0 atom stereocenters. The maximum atomic E-state index is 11.9. The summed E-state index contributed by atoms with van der Waals surface area (Å²) in [6.45, 7) is 1.60. The van der Waals surface area contributed by atoms with Gasteiger partial charge in [0.15, 0.2) is 5.78 Å². The van der Waals surface area contributed by atoms with Crippen molar-refractivity contribution >= 4 is 11.8 Å². The Morgan fingerprint density at radius 2 is 2.04 bits per heavy atom. The zero-order valence-electron chi connectivity index (χ0n) is 12.5. The number of hydrogen-bond acceptors (Lipinski definition) is 4. The normalized spacial score (nSPS) is 10.5. The highest BCUT2D eigenvalue weighted by atomic mass is 16.5. The summed E-state index contributed by atoms with van der Waals surface area (Å²) in [5, 5.41) is 4.15. The highest BCUT2D eigenvalue weighted by Gasteiger charge is 2.12. The van der Waals surface area contributed by atoms with Gasteiger partial charge in [0.1, 0.15) is 12.3 Å². The van der Waals surface area contributed by atoms with E-state index in [0.29, 0.717) is 5.56 Å². The molecule has 116 valence electrons. The van der Waals surface area contributed by atoms with Gasteiger partial charge < -0.3 is 9.72 Å². The van der Waals surface area contributed by atoms with Crippen molar-refractivity contribution < 1.29 is 14.3 Å². The number of hydrogen-bond donors (Lipinski definition) is 1. The number of aromatic amines is 1. The highest BCUT2D eigenvalue weighted by molar-refractivity contribution is 5.97. The molecule has 0 unspecified atom stereocenters. The number of Topliss-reactive ketones (excluding diaryl/α,β-unsaturated/α-hetero) is 1. The zero-order valence-corrected chi connectivity index (χ0v) is 12.5. The summed E-state index contributed by atoms with van der Waals surface area (Å²) in [6.07, 6.45) is 5.06. The second-order valence-electron chi connectivity index (χ2n) is 5.05. The number of nitrogens with zero attached hydrogens (tertiary/aromatic N) is 2. The number of carbonyl (C=O) groups excluding carboxylic acids is 2. The SMILES string of the molecule is CC(=O)c1c[nH]c(C(=O)OCc2ccc(-n3cccn3)cc2)c1. The van der Waals surface area contributed by atoms with Crippen LogP contribution in [0.1, 0.15) is 33.3 Å². The van der Waals surface area contributed by atoms with E-state index in [4.69, 9.17) is 4.74 Å². The first-order chi connectivity index (χ1) is 11.1. The van der Waals surface area contributed by atoms with Crippen molar-refractivity contribution in [2.45, 2.75) is 13.5 Å². The van der Waals surface area contributed by atoms with Crippen LogP contribution in [0.4, 0.5) is 0 Å². The molecule has 0 aliphatic rings. The van der Waals surface area contributed by atoms with E-state index in [0.717, 1.165) is 11.3 Å². The molecule has 0 spiro atoms. The summed E-state index contributed by atoms with van der Waals surface area (Å²) in [4.78, 5) is 25.9. The van der Waals surface area contributed by atoms with E-state index in [1.165, 1.54) is 19.2 Å². The molecule has 3 rings (SSSR count). The molecule has 1 N–H and O–H groups in total. The maximum absolute atomic E-state index is 11.9. The predicted octanol–water partition coefficient (Wildman–Crippen LogP) is 2.76. The molecule has 6 heteroatoms. The first kappa shape index (κ1) is 14.8. The van der Waals surface area contributed by atoms with Crippen molar-refractivity contribution in [1.29, 1.82) is 0 Å². The van der Waals surface area contributed by atoms with Gasteiger partial charge in [0.2, 0.25) is 0 Å². The fraction of sp³-hybridized carbons (Fsp3) is 0.118. The number of carbonyl (C=O) groups is 2. The average Bonchev–Trinajstić information content (AvgIpc) is 3.24. The molecule has 23 heavy (non-hydrogen) atoms. The van der Waals surface area contributed by atoms with E-state index < -0.39 is 5.97 Å². The third kappa shape index (κ3) is 3.37. The number of rotatable bonds is 5. The minimum Gasteiger partial charge on any atom is -0.456 e. The van der Waals surface area contributed by atoms with Crippen molar-refractivity contribution in [3.8, 4) is 5.69 Å². The molecule has 2 heterocycles. The molecule has 0 aliphatic heterocycles. The van der Waals surface area contributed by atoms with E-state index >= 15 is 0 Å². The monoisotopic (exact) mass is 309 g/mol. The van der Waals surface area contributed by atoms with Gasteiger partial charge in [-0.05, 0) is 36.8 Å². The van der Waals surface area contributed by atoms with Crippen LogP contribution in [0.2, 0.25) is 0 Å². The van der Waals surface area contributed by atoms with Gasteiger partial charge in [-0.25, -0.2) is 9.48 Å². The van der Waals surface area contributed by atoms with Gasteiger partial charge in [0, 0.05) is 24.2 Å². The summed E-state index contributed by atoms with van der Waals surface area (Å²) in [7, 11) is 0. The Balaban J connectivity index is 1.61. The van der Waals surface area contributed by atoms with Gasteiger partial charge in [-0.3, -0.25) is 4.79 Å². The van der Waals surface area contributed by atoms with Crippen molar-refractivity contribution in [1.82, 2.24) is 14.8 Å². The van der Waals surface area contributed by atoms with Gasteiger partial charge in [-0.2, -0.15) is 5.10 Å². The van der Waals surface area contributed by atoms with E-state index in [9.17, 15) is 9.59 Å². The molecule has 0 bridgehead atoms. The first-order valence-electron chi connectivity index (χ1n) is 7.09. The molecule has 0 fully saturated rings. The predicted molar refractivity (Wildman–Crippen MR) is 83.5 cm³/mol. The fourth-order valence-electron chi connectivity index (χ4n) is 2.11. The van der Waals surface area contributed by atoms with Gasteiger partial charge >= 0.3 is 5.97 Å². The van der Waals surface area contributed by atoms with Crippen LogP contribution in [0.25, 0.3) is 5.69 Å². The molecule has 0 saturated carbocycles. The Morgan fingerprint density at radius 3 is 2.65 bits per heavy atom. The molecule has 0 aliphatic carbocycles. The second-order valence-corrected chi connectivity index (χ2v) is 5.05. The lowest BCUT2D eigenvalue weighted by atomic mass is 10.2. The minimum atomic E-state index is -0.492. The fourth-order valence-corrected chi connectivity index (χ4v) is 2.11. The zero-order chi connectivity index (χ0) is 16.2. The van der Waals surface area contributed by atoms with E-state index in [1.807, 2.05) is 36.5 Å². The average molecular weight is 309 g/mol. The Morgan fingerprint density at radius 1 is 1.26 bits per heavy atom. The number of esters is 1.